The zero-order valence-corrected chi connectivity index (χ0v) is 17.0. The van der Waals surface area contributed by atoms with Crippen molar-refractivity contribution in [1.29, 1.82) is 0 Å². The van der Waals surface area contributed by atoms with Crippen LogP contribution in [0, 0.1) is 0 Å². The third-order valence-corrected chi connectivity index (χ3v) is 5.05. The van der Waals surface area contributed by atoms with Crippen molar-refractivity contribution < 1.29 is 27.5 Å². The Morgan fingerprint density at radius 3 is 2.69 bits per heavy atom. The van der Waals surface area contributed by atoms with Crippen molar-refractivity contribution >= 4 is 22.7 Å². The van der Waals surface area contributed by atoms with Gasteiger partial charge in [-0.15, -0.1) is 0 Å². The first kappa shape index (κ1) is 21.5. The van der Waals surface area contributed by atoms with Crippen LogP contribution in [0.25, 0.3) is 10.9 Å². The van der Waals surface area contributed by atoms with Crippen molar-refractivity contribution in [3.8, 4) is 11.6 Å². The molecule has 0 bridgehead atoms. The number of carbonyl (C=O) groups excluding carboxylic acids is 2. The molecule has 4 rings (SSSR count). The van der Waals surface area contributed by atoms with Crippen molar-refractivity contribution in [1.82, 2.24) is 20.2 Å². The number of rotatable bonds is 5. The standard InChI is InChI=1S/C22H19F3N4O3/c1-29-12-16(10-21(29)31)28-19(30)9-15-4-2-13-8-17(5-6-18(13)27-15)32-20-7-3-14(11-26-20)22(23,24)25/h2-8,11,16H,9-10,12H2,1H3,(H,28,30)/t16-/m1/s1. The molecule has 0 aliphatic carbocycles. The molecule has 1 fully saturated rings. The van der Waals surface area contributed by atoms with E-state index in [-0.39, 0.29) is 30.2 Å². The minimum absolute atomic E-state index is 0.00338. The van der Waals surface area contributed by atoms with Crippen LogP contribution in [0.3, 0.4) is 0 Å². The van der Waals surface area contributed by atoms with Gasteiger partial charge in [-0.05, 0) is 30.3 Å². The quantitative estimate of drug-likeness (QED) is 0.653. The molecule has 1 aliphatic rings. The molecule has 3 heterocycles. The summed E-state index contributed by atoms with van der Waals surface area (Å²) < 4.78 is 43.4. The van der Waals surface area contributed by atoms with Crippen molar-refractivity contribution in [2.45, 2.75) is 25.1 Å². The number of ether oxygens (including phenoxy) is 1. The first-order valence-electron chi connectivity index (χ1n) is 9.81. The average Bonchev–Trinajstić information content (AvgIpc) is 3.04. The molecule has 2 amide bonds. The number of aromatic nitrogens is 2. The Morgan fingerprint density at radius 1 is 1.22 bits per heavy atom. The molecule has 0 radical (unpaired) electrons. The predicted octanol–water partition coefficient (Wildman–Crippen LogP) is 3.33. The van der Waals surface area contributed by atoms with E-state index in [1.54, 1.807) is 42.3 Å². The highest BCUT2D eigenvalue weighted by molar-refractivity contribution is 5.84. The highest BCUT2D eigenvalue weighted by atomic mass is 19.4. The summed E-state index contributed by atoms with van der Waals surface area (Å²) in [5, 5.41) is 3.58. The van der Waals surface area contributed by atoms with E-state index in [0.717, 1.165) is 23.7 Å². The molecule has 1 atom stereocenters. The molecule has 1 saturated heterocycles. The predicted molar refractivity (Wildman–Crippen MR) is 109 cm³/mol. The second-order valence-corrected chi connectivity index (χ2v) is 7.56. The topological polar surface area (TPSA) is 84.4 Å². The van der Waals surface area contributed by atoms with Gasteiger partial charge in [0.2, 0.25) is 17.7 Å². The summed E-state index contributed by atoms with van der Waals surface area (Å²) in [5.41, 5.74) is 0.361. The molecule has 7 nitrogen and oxygen atoms in total. The second kappa shape index (κ2) is 8.45. The summed E-state index contributed by atoms with van der Waals surface area (Å²) in [6.45, 7) is 0.492. The van der Waals surface area contributed by atoms with Gasteiger partial charge in [0, 0.05) is 37.7 Å². The van der Waals surface area contributed by atoms with Crippen LogP contribution in [-0.4, -0.2) is 46.3 Å². The number of fused-ring (bicyclic) bond motifs is 1. The summed E-state index contributed by atoms with van der Waals surface area (Å²) in [6, 6.07) is 10.4. The van der Waals surface area contributed by atoms with Crippen LogP contribution in [0.2, 0.25) is 0 Å². The minimum Gasteiger partial charge on any atom is -0.439 e. The van der Waals surface area contributed by atoms with E-state index < -0.39 is 11.7 Å². The van der Waals surface area contributed by atoms with Crippen LogP contribution in [0.4, 0.5) is 13.2 Å². The van der Waals surface area contributed by atoms with E-state index in [2.05, 4.69) is 15.3 Å². The van der Waals surface area contributed by atoms with Gasteiger partial charge in [-0.2, -0.15) is 13.2 Å². The van der Waals surface area contributed by atoms with Crippen molar-refractivity contribution in [3.05, 3.63) is 59.9 Å². The zero-order chi connectivity index (χ0) is 22.9. The second-order valence-electron chi connectivity index (χ2n) is 7.56. The van der Waals surface area contributed by atoms with Crippen molar-refractivity contribution in [3.63, 3.8) is 0 Å². The lowest BCUT2D eigenvalue weighted by atomic mass is 10.1. The highest BCUT2D eigenvalue weighted by Crippen LogP contribution is 2.30. The summed E-state index contributed by atoms with van der Waals surface area (Å²) in [5.74, 6) is 0.226. The zero-order valence-electron chi connectivity index (χ0n) is 17.0. The Bertz CT molecular complexity index is 1170. The Labute approximate surface area is 181 Å². The van der Waals surface area contributed by atoms with Gasteiger partial charge in [0.15, 0.2) is 0 Å². The van der Waals surface area contributed by atoms with E-state index >= 15 is 0 Å². The molecule has 3 aromatic rings. The van der Waals surface area contributed by atoms with Gasteiger partial charge in [-0.25, -0.2) is 4.98 Å². The molecular weight excluding hydrogens is 425 g/mol. The van der Waals surface area contributed by atoms with E-state index in [1.165, 1.54) is 0 Å². The molecule has 2 aromatic heterocycles. The van der Waals surface area contributed by atoms with Gasteiger partial charge in [-0.1, -0.05) is 6.07 Å². The van der Waals surface area contributed by atoms with Crippen LogP contribution >= 0.6 is 0 Å². The molecule has 0 unspecified atom stereocenters. The first-order chi connectivity index (χ1) is 15.2. The molecule has 0 spiro atoms. The number of pyridine rings is 2. The SMILES string of the molecule is CN1C[C@H](NC(=O)Cc2ccc3cc(Oc4ccc(C(F)(F)F)cn4)ccc3n2)CC1=O. The first-order valence-corrected chi connectivity index (χ1v) is 9.81. The third-order valence-electron chi connectivity index (χ3n) is 5.05. The number of likely N-dealkylation sites (N-methyl/N-ethyl adjacent to an activating group) is 1. The van der Waals surface area contributed by atoms with Crippen LogP contribution in [0.1, 0.15) is 17.7 Å². The van der Waals surface area contributed by atoms with Gasteiger partial charge >= 0.3 is 6.18 Å². The number of hydrogen-bond acceptors (Lipinski definition) is 5. The molecule has 10 heteroatoms. The molecule has 32 heavy (non-hydrogen) atoms. The number of alkyl halides is 3. The highest BCUT2D eigenvalue weighted by Gasteiger charge is 2.31. The summed E-state index contributed by atoms with van der Waals surface area (Å²) >= 11 is 0. The smallest absolute Gasteiger partial charge is 0.417 e. The minimum atomic E-state index is -4.46. The Kier molecular flexibility index (Phi) is 5.68. The average molecular weight is 444 g/mol. The summed E-state index contributed by atoms with van der Waals surface area (Å²) in [4.78, 5) is 33.6. The number of nitrogens with one attached hydrogen (secondary N) is 1. The lowest BCUT2D eigenvalue weighted by Crippen LogP contribution is -2.37. The van der Waals surface area contributed by atoms with E-state index in [9.17, 15) is 22.8 Å². The molecule has 0 saturated carbocycles. The third kappa shape index (κ3) is 4.96. The van der Waals surface area contributed by atoms with Gasteiger partial charge in [0.1, 0.15) is 5.75 Å². The maximum atomic E-state index is 12.6. The molecular formula is C22H19F3N4O3. The number of amides is 2. The van der Waals surface area contributed by atoms with Crippen molar-refractivity contribution in [2.24, 2.45) is 0 Å². The molecule has 1 N–H and O–H groups in total. The lowest BCUT2D eigenvalue weighted by molar-refractivity contribution is -0.137. The number of halogens is 3. The van der Waals surface area contributed by atoms with Gasteiger partial charge in [0.25, 0.3) is 0 Å². The number of hydrogen-bond donors (Lipinski definition) is 1. The molecule has 1 aromatic carbocycles. The molecule has 1 aliphatic heterocycles. The fraction of sp³-hybridized carbons (Fsp3) is 0.273. The number of carbonyl (C=O) groups is 2. The van der Waals surface area contributed by atoms with Gasteiger partial charge in [-0.3, -0.25) is 14.6 Å². The number of nitrogens with zero attached hydrogens (tertiary/aromatic N) is 3. The summed E-state index contributed by atoms with van der Waals surface area (Å²) in [7, 11) is 1.70. The summed E-state index contributed by atoms with van der Waals surface area (Å²) in [6.07, 6.45) is -3.36. The Morgan fingerprint density at radius 2 is 2.03 bits per heavy atom. The number of likely N-dealkylation sites (tertiary alicyclic amines) is 1. The maximum absolute atomic E-state index is 12.6. The maximum Gasteiger partial charge on any atom is 0.417 e. The van der Waals surface area contributed by atoms with E-state index in [1.807, 2.05) is 0 Å². The molecule has 166 valence electrons. The Balaban J connectivity index is 1.41. The van der Waals surface area contributed by atoms with E-state index in [0.29, 0.717) is 29.9 Å². The van der Waals surface area contributed by atoms with Crippen LogP contribution in [0.5, 0.6) is 11.6 Å². The van der Waals surface area contributed by atoms with Crippen LogP contribution < -0.4 is 10.1 Å². The lowest BCUT2D eigenvalue weighted by Gasteiger charge is -2.12. The van der Waals surface area contributed by atoms with Gasteiger partial charge < -0.3 is 15.0 Å². The van der Waals surface area contributed by atoms with Crippen LogP contribution in [-0.2, 0) is 22.2 Å². The van der Waals surface area contributed by atoms with Gasteiger partial charge in [0.05, 0.1) is 29.2 Å². The van der Waals surface area contributed by atoms with Crippen molar-refractivity contribution in [2.75, 3.05) is 13.6 Å². The largest absolute Gasteiger partial charge is 0.439 e. The monoisotopic (exact) mass is 444 g/mol. The fourth-order valence-electron chi connectivity index (χ4n) is 3.44. The number of benzene rings is 1. The normalized spacial score (nSPS) is 16.4. The van der Waals surface area contributed by atoms with E-state index in [4.69, 9.17) is 4.74 Å². The fourth-order valence-corrected chi connectivity index (χ4v) is 3.44. The van der Waals surface area contributed by atoms with Crippen LogP contribution in [0.15, 0.2) is 48.7 Å². The Hall–Kier alpha value is -3.69.